The summed E-state index contributed by atoms with van der Waals surface area (Å²) >= 11 is 5.53. The number of carbonyl (C=O) groups is 2. The lowest BCUT2D eigenvalue weighted by molar-refractivity contribution is -0.139. The number of nitrogens with zero attached hydrogens (tertiary/aromatic N) is 1. The highest BCUT2D eigenvalue weighted by Gasteiger charge is 2.34. The summed E-state index contributed by atoms with van der Waals surface area (Å²) in [6, 6.07) is 7.19. The first-order valence-corrected chi connectivity index (χ1v) is 13.7. The summed E-state index contributed by atoms with van der Waals surface area (Å²) in [5.41, 5.74) is 3.01. The van der Waals surface area contributed by atoms with Crippen LogP contribution in [0.4, 0.5) is 5.69 Å². The van der Waals surface area contributed by atoms with Crippen molar-refractivity contribution >= 4 is 34.9 Å². The topological polar surface area (TPSA) is 70.7 Å². The van der Waals surface area contributed by atoms with Crippen LogP contribution >= 0.6 is 12.2 Å². The molecule has 0 saturated heterocycles. The van der Waals surface area contributed by atoms with Crippen molar-refractivity contribution < 1.29 is 14.3 Å². The van der Waals surface area contributed by atoms with Crippen molar-refractivity contribution in [3.63, 3.8) is 0 Å². The molecule has 7 heteroatoms. The SMILES string of the molecule is CCCCCCCCCCCC(=O)Nc1ccc(C2NC(=S)N(CC)C(C)=C2C(=O)OCC)cc1. The number of thiocarbonyl (C=S) groups is 1. The number of esters is 1. The molecule has 1 amide bonds. The van der Waals surface area contributed by atoms with Crippen LogP contribution in [0.3, 0.4) is 0 Å². The second-order valence-electron chi connectivity index (χ2n) is 9.09. The lowest BCUT2D eigenvalue weighted by Crippen LogP contribution is -2.47. The number of carbonyl (C=O) groups excluding carboxylic acids is 2. The monoisotopic (exact) mass is 501 g/mol. The van der Waals surface area contributed by atoms with Crippen molar-refractivity contribution in [3.05, 3.63) is 41.1 Å². The van der Waals surface area contributed by atoms with Gasteiger partial charge in [-0.3, -0.25) is 4.79 Å². The zero-order valence-corrected chi connectivity index (χ0v) is 22.8. The van der Waals surface area contributed by atoms with Gasteiger partial charge in [0.2, 0.25) is 5.91 Å². The van der Waals surface area contributed by atoms with Gasteiger partial charge in [0, 0.05) is 24.4 Å². The molecule has 1 heterocycles. The molecule has 1 aromatic rings. The first kappa shape index (κ1) is 28.8. The van der Waals surface area contributed by atoms with Gasteiger partial charge in [0.15, 0.2) is 5.11 Å². The van der Waals surface area contributed by atoms with Gasteiger partial charge in [0.1, 0.15) is 0 Å². The van der Waals surface area contributed by atoms with E-state index in [1.54, 1.807) is 6.92 Å². The second kappa shape index (κ2) is 15.6. The van der Waals surface area contributed by atoms with E-state index in [4.69, 9.17) is 17.0 Å². The average molecular weight is 502 g/mol. The van der Waals surface area contributed by atoms with Gasteiger partial charge in [-0.1, -0.05) is 70.4 Å². The van der Waals surface area contributed by atoms with E-state index < -0.39 is 6.04 Å². The van der Waals surface area contributed by atoms with E-state index in [1.165, 1.54) is 44.9 Å². The molecule has 2 N–H and O–H groups in total. The summed E-state index contributed by atoms with van der Waals surface area (Å²) in [4.78, 5) is 27.0. The number of unbranched alkanes of at least 4 members (excludes halogenated alkanes) is 8. The fourth-order valence-electron chi connectivity index (χ4n) is 4.46. The fourth-order valence-corrected chi connectivity index (χ4v) is 4.85. The Labute approximate surface area is 216 Å². The summed E-state index contributed by atoms with van der Waals surface area (Å²) in [5.74, 6) is -0.305. The second-order valence-corrected chi connectivity index (χ2v) is 9.48. The molecule has 0 saturated carbocycles. The van der Waals surface area contributed by atoms with E-state index in [-0.39, 0.29) is 11.9 Å². The van der Waals surface area contributed by atoms with Crippen LogP contribution in [-0.4, -0.2) is 35.0 Å². The first-order chi connectivity index (χ1) is 16.9. The number of allylic oxidation sites excluding steroid dienone is 1. The number of anilines is 1. The van der Waals surface area contributed by atoms with E-state index in [0.29, 0.717) is 30.3 Å². The summed E-state index contributed by atoms with van der Waals surface area (Å²) in [7, 11) is 0. The number of ether oxygens (including phenoxy) is 1. The van der Waals surface area contributed by atoms with Crippen LogP contribution in [-0.2, 0) is 14.3 Å². The van der Waals surface area contributed by atoms with Crippen LogP contribution in [0, 0.1) is 0 Å². The molecular weight excluding hydrogens is 458 g/mol. The first-order valence-electron chi connectivity index (χ1n) is 13.3. The Kier molecular flexibility index (Phi) is 12.8. The van der Waals surface area contributed by atoms with E-state index in [1.807, 2.05) is 43.0 Å². The Bertz CT molecular complexity index is 867. The molecule has 35 heavy (non-hydrogen) atoms. The number of hydrogen-bond acceptors (Lipinski definition) is 4. The minimum absolute atomic E-state index is 0.0409. The molecule has 1 aliphatic heterocycles. The molecule has 0 spiro atoms. The van der Waals surface area contributed by atoms with Crippen LogP contribution in [0.2, 0.25) is 0 Å². The summed E-state index contributed by atoms with van der Waals surface area (Å²) in [6.07, 6.45) is 11.6. The molecule has 0 aliphatic carbocycles. The highest BCUT2D eigenvalue weighted by Crippen LogP contribution is 2.32. The predicted molar refractivity (Wildman–Crippen MR) is 147 cm³/mol. The van der Waals surface area contributed by atoms with Gasteiger partial charge in [-0.05, 0) is 57.1 Å². The average Bonchev–Trinajstić information content (AvgIpc) is 2.83. The van der Waals surface area contributed by atoms with E-state index in [0.717, 1.165) is 29.8 Å². The Hall–Kier alpha value is -2.41. The van der Waals surface area contributed by atoms with Crippen LogP contribution < -0.4 is 10.6 Å². The van der Waals surface area contributed by atoms with Crippen LogP contribution in [0.25, 0.3) is 0 Å². The van der Waals surface area contributed by atoms with Crippen molar-refractivity contribution in [2.24, 2.45) is 0 Å². The quantitative estimate of drug-likeness (QED) is 0.160. The number of benzene rings is 1. The molecule has 1 aromatic carbocycles. The highest BCUT2D eigenvalue weighted by atomic mass is 32.1. The van der Waals surface area contributed by atoms with Crippen molar-refractivity contribution in [1.29, 1.82) is 0 Å². The van der Waals surface area contributed by atoms with E-state index in [9.17, 15) is 9.59 Å². The van der Waals surface area contributed by atoms with Crippen molar-refractivity contribution in [3.8, 4) is 0 Å². The van der Waals surface area contributed by atoms with Gasteiger partial charge in [-0.25, -0.2) is 4.79 Å². The Morgan fingerprint density at radius 2 is 1.57 bits per heavy atom. The van der Waals surface area contributed by atoms with E-state index >= 15 is 0 Å². The van der Waals surface area contributed by atoms with Crippen LogP contribution in [0.5, 0.6) is 0 Å². The van der Waals surface area contributed by atoms with Gasteiger partial charge >= 0.3 is 5.97 Å². The maximum atomic E-state index is 12.8. The van der Waals surface area contributed by atoms with Gasteiger partial charge in [-0.2, -0.15) is 0 Å². The number of amides is 1. The molecule has 1 aliphatic rings. The molecule has 1 atom stereocenters. The van der Waals surface area contributed by atoms with Gasteiger partial charge in [-0.15, -0.1) is 0 Å². The molecule has 0 radical (unpaired) electrons. The third kappa shape index (κ3) is 8.95. The van der Waals surface area contributed by atoms with Gasteiger partial charge < -0.3 is 20.3 Å². The molecular formula is C28H43N3O3S. The number of rotatable bonds is 15. The normalized spacial score (nSPS) is 15.7. The predicted octanol–water partition coefficient (Wildman–Crippen LogP) is 6.63. The Morgan fingerprint density at radius 3 is 2.14 bits per heavy atom. The maximum Gasteiger partial charge on any atom is 0.338 e. The number of nitrogens with one attached hydrogen (secondary N) is 2. The fraction of sp³-hybridized carbons (Fsp3) is 0.607. The van der Waals surface area contributed by atoms with E-state index in [2.05, 4.69) is 17.6 Å². The van der Waals surface area contributed by atoms with Gasteiger partial charge in [0.25, 0.3) is 0 Å². The lowest BCUT2D eigenvalue weighted by Gasteiger charge is -2.37. The minimum Gasteiger partial charge on any atom is -0.463 e. The smallest absolute Gasteiger partial charge is 0.338 e. The highest BCUT2D eigenvalue weighted by molar-refractivity contribution is 7.80. The van der Waals surface area contributed by atoms with Crippen molar-refractivity contribution in [2.45, 2.75) is 97.9 Å². The molecule has 2 rings (SSSR count). The maximum absolute atomic E-state index is 12.8. The third-order valence-corrected chi connectivity index (χ3v) is 6.78. The molecule has 0 aromatic heterocycles. The zero-order chi connectivity index (χ0) is 25.6. The Balaban J connectivity index is 1.90. The minimum atomic E-state index is -0.393. The Morgan fingerprint density at radius 1 is 0.971 bits per heavy atom. The molecule has 1 unspecified atom stereocenters. The zero-order valence-electron chi connectivity index (χ0n) is 22.0. The molecule has 6 nitrogen and oxygen atoms in total. The third-order valence-electron chi connectivity index (χ3n) is 6.44. The lowest BCUT2D eigenvalue weighted by atomic mass is 9.95. The molecule has 194 valence electrons. The van der Waals surface area contributed by atoms with Crippen LogP contribution in [0.1, 0.15) is 104 Å². The summed E-state index contributed by atoms with van der Waals surface area (Å²) in [6.45, 7) is 8.90. The molecule has 0 fully saturated rings. The van der Waals surface area contributed by atoms with Gasteiger partial charge in [0.05, 0.1) is 18.2 Å². The summed E-state index contributed by atoms with van der Waals surface area (Å²) in [5, 5.41) is 6.86. The summed E-state index contributed by atoms with van der Waals surface area (Å²) < 4.78 is 5.33. The van der Waals surface area contributed by atoms with Crippen molar-refractivity contribution in [1.82, 2.24) is 10.2 Å². The number of hydrogen-bond donors (Lipinski definition) is 2. The largest absolute Gasteiger partial charge is 0.463 e. The van der Waals surface area contributed by atoms with Crippen molar-refractivity contribution in [2.75, 3.05) is 18.5 Å². The van der Waals surface area contributed by atoms with Crippen LogP contribution in [0.15, 0.2) is 35.5 Å². The standard InChI is InChI=1S/C28H43N3O3S/c1-5-8-9-10-11-12-13-14-15-16-24(32)29-23-19-17-22(18-20-23)26-25(27(33)34-7-3)21(4)31(6-2)28(35)30-26/h17-20,26H,5-16H2,1-4H3,(H,29,32)(H,30,35). The molecule has 0 bridgehead atoms.